The quantitative estimate of drug-likeness (QED) is 0.726. The van der Waals surface area contributed by atoms with Gasteiger partial charge in [-0.3, -0.25) is 9.48 Å². The maximum atomic E-state index is 12.6. The van der Waals surface area contributed by atoms with Crippen molar-refractivity contribution in [2.24, 2.45) is 0 Å². The van der Waals surface area contributed by atoms with Gasteiger partial charge >= 0.3 is 6.18 Å². The molecule has 1 amide bonds. The lowest BCUT2D eigenvalue weighted by Crippen LogP contribution is -2.15. The predicted molar refractivity (Wildman–Crippen MR) is 95.4 cm³/mol. The van der Waals surface area contributed by atoms with E-state index in [1.807, 2.05) is 10.7 Å². The van der Waals surface area contributed by atoms with Gasteiger partial charge in [0.05, 0.1) is 17.7 Å². The van der Waals surface area contributed by atoms with Crippen LogP contribution in [0.4, 0.5) is 19.0 Å². The van der Waals surface area contributed by atoms with Gasteiger partial charge in [0, 0.05) is 29.2 Å². The number of hydrogen-bond acceptors (Lipinski definition) is 4. The van der Waals surface area contributed by atoms with Crippen LogP contribution in [-0.2, 0) is 30.4 Å². The lowest BCUT2D eigenvalue weighted by atomic mass is 10.1. The van der Waals surface area contributed by atoms with Gasteiger partial charge in [0.15, 0.2) is 5.82 Å². The van der Waals surface area contributed by atoms with Gasteiger partial charge in [-0.05, 0) is 25.0 Å². The van der Waals surface area contributed by atoms with Crippen molar-refractivity contribution >= 4 is 23.1 Å². The Hall–Kier alpha value is -2.68. The third-order valence-corrected chi connectivity index (χ3v) is 5.23. The van der Waals surface area contributed by atoms with Gasteiger partial charge in [0.2, 0.25) is 5.91 Å². The molecule has 9 heteroatoms. The number of alkyl halides is 3. The molecule has 1 aromatic carbocycles. The van der Waals surface area contributed by atoms with Gasteiger partial charge in [-0.25, -0.2) is 4.98 Å². The van der Waals surface area contributed by atoms with E-state index in [0.717, 1.165) is 37.2 Å². The number of fused-ring (bicyclic) bond motifs is 1. The molecule has 5 nitrogen and oxygen atoms in total. The Labute approximate surface area is 156 Å². The van der Waals surface area contributed by atoms with Gasteiger partial charge in [-0.2, -0.15) is 18.3 Å². The molecule has 140 valence electrons. The molecule has 0 radical (unpaired) electrons. The number of carbonyl (C=O) groups is 1. The highest BCUT2D eigenvalue weighted by Gasteiger charge is 2.30. The molecular formula is C18H15F3N4OS. The minimum absolute atomic E-state index is 0.0827. The van der Waals surface area contributed by atoms with Gasteiger partial charge in [0.1, 0.15) is 5.01 Å². The molecule has 0 atom stereocenters. The van der Waals surface area contributed by atoms with Crippen molar-refractivity contribution in [3.05, 3.63) is 52.7 Å². The fourth-order valence-corrected chi connectivity index (χ4v) is 3.82. The molecule has 0 fully saturated rings. The number of aryl methyl sites for hydroxylation is 2. The smallest absolute Gasteiger partial charge is 0.309 e. The van der Waals surface area contributed by atoms with E-state index in [0.29, 0.717) is 22.1 Å². The van der Waals surface area contributed by atoms with Crippen LogP contribution >= 0.6 is 11.3 Å². The van der Waals surface area contributed by atoms with Crippen LogP contribution in [0.5, 0.6) is 0 Å². The molecule has 27 heavy (non-hydrogen) atoms. The molecule has 0 saturated carbocycles. The van der Waals surface area contributed by atoms with Gasteiger partial charge in [0.25, 0.3) is 0 Å². The first-order valence-electron chi connectivity index (χ1n) is 8.37. The zero-order valence-electron chi connectivity index (χ0n) is 14.1. The summed E-state index contributed by atoms with van der Waals surface area (Å²) in [6, 6.07) is 6.71. The Morgan fingerprint density at radius 3 is 2.74 bits per heavy atom. The number of hydrogen-bond donors (Lipinski definition) is 1. The van der Waals surface area contributed by atoms with E-state index in [2.05, 4.69) is 15.4 Å². The van der Waals surface area contributed by atoms with E-state index < -0.39 is 11.7 Å². The first kappa shape index (κ1) is 17.7. The van der Waals surface area contributed by atoms with E-state index >= 15 is 0 Å². The van der Waals surface area contributed by atoms with Crippen molar-refractivity contribution in [3.63, 3.8) is 0 Å². The van der Waals surface area contributed by atoms with Gasteiger partial charge < -0.3 is 5.32 Å². The second kappa shape index (κ2) is 6.80. The minimum Gasteiger partial charge on any atom is -0.309 e. The Morgan fingerprint density at radius 2 is 2.04 bits per heavy atom. The van der Waals surface area contributed by atoms with Crippen LogP contribution in [0.2, 0.25) is 0 Å². The van der Waals surface area contributed by atoms with Crippen LogP contribution in [0, 0.1) is 0 Å². The third-order valence-electron chi connectivity index (χ3n) is 4.29. The Morgan fingerprint density at radius 1 is 1.26 bits per heavy atom. The monoisotopic (exact) mass is 392 g/mol. The Bertz CT molecular complexity index is 954. The van der Waals surface area contributed by atoms with Crippen molar-refractivity contribution in [3.8, 4) is 10.6 Å². The van der Waals surface area contributed by atoms with E-state index in [-0.39, 0.29) is 12.3 Å². The molecular weight excluding hydrogens is 377 g/mol. The molecule has 1 N–H and O–H groups in total. The number of rotatable bonds is 4. The van der Waals surface area contributed by atoms with Crippen LogP contribution in [0.1, 0.15) is 23.4 Å². The molecule has 3 heterocycles. The summed E-state index contributed by atoms with van der Waals surface area (Å²) in [5.74, 6) is 0.309. The first-order valence-corrected chi connectivity index (χ1v) is 9.25. The van der Waals surface area contributed by atoms with Crippen molar-refractivity contribution in [1.82, 2.24) is 14.8 Å². The van der Waals surface area contributed by atoms with Crippen molar-refractivity contribution < 1.29 is 18.0 Å². The summed E-state index contributed by atoms with van der Waals surface area (Å²) in [5, 5.41) is 9.40. The Balaban J connectivity index is 1.40. The van der Waals surface area contributed by atoms with E-state index in [4.69, 9.17) is 0 Å². The molecule has 2 aromatic heterocycles. The number of amides is 1. The number of aromatic nitrogens is 3. The fourth-order valence-electron chi connectivity index (χ4n) is 3.00. The number of thiazole rings is 1. The molecule has 0 bridgehead atoms. The molecule has 0 unspecified atom stereocenters. The number of halogens is 3. The van der Waals surface area contributed by atoms with Crippen molar-refractivity contribution in [2.75, 3.05) is 5.32 Å². The van der Waals surface area contributed by atoms with Gasteiger partial charge in [-0.15, -0.1) is 11.3 Å². The summed E-state index contributed by atoms with van der Waals surface area (Å²) < 4.78 is 39.8. The average molecular weight is 392 g/mol. The number of carbonyl (C=O) groups excluding carboxylic acids is 1. The second-order valence-corrected chi connectivity index (χ2v) is 7.15. The summed E-state index contributed by atoms with van der Waals surface area (Å²) in [6.45, 7) is 0.869. The predicted octanol–water partition coefficient (Wildman–Crippen LogP) is 4.15. The van der Waals surface area contributed by atoms with Crippen LogP contribution in [0.25, 0.3) is 10.6 Å². The number of anilines is 1. The molecule has 0 aliphatic carbocycles. The SMILES string of the molecule is O=C(Cc1csc(-c2ccc(C(F)(F)F)cc2)n1)Nc1cc2n(n1)CCC2. The lowest BCUT2D eigenvalue weighted by molar-refractivity contribution is -0.137. The highest BCUT2D eigenvalue weighted by atomic mass is 32.1. The normalized spacial score (nSPS) is 13.6. The van der Waals surface area contributed by atoms with Gasteiger partial charge in [-0.1, -0.05) is 12.1 Å². The van der Waals surface area contributed by atoms with Crippen LogP contribution < -0.4 is 5.32 Å². The third kappa shape index (κ3) is 3.87. The lowest BCUT2D eigenvalue weighted by Gasteiger charge is -2.06. The molecule has 4 rings (SSSR count). The zero-order valence-corrected chi connectivity index (χ0v) is 14.9. The fraction of sp³-hybridized carbons (Fsp3) is 0.278. The minimum atomic E-state index is -4.36. The maximum Gasteiger partial charge on any atom is 0.416 e. The summed E-state index contributed by atoms with van der Waals surface area (Å²) >= 11 is 1.29. The summed E-state index contributed by atoms with van der Waals surface area (Å²) in [7, 11) is 0. The first-order chi connectivity index (χ1) is 12.9. The summed E-state index contributed by atoms with van der Waals surface area (Å²) in [6.07, 6.45) is -2.25. The molecule has 1 aliphatic heterocycles. The summed E-state index contributed by atoms with van der Waals surface area (Å²) in [5.41, 5.74) is 1.57. The van der Waals surface area contributed by atoms with Crippen molar-refractivity contribution in [1.29, 1.82) is 0 Å². The average Bonchev–Trinajstić information content (AvgIpc) is 3.30. The van der Waals surface area contributed by atoms with E-state index in [1.54, 1.807) is 5.38 Å². The molecule has 1 aliphatic rings. The van der Waals surface area contributed by atoms with Crippen LogP contribution in [-0.4, -0.2) is 20.7 Å². The molecule has 0 saturated heterocycles. The highest BCUT2D eigenvalue weighted by molar-refractivity contribution is 7.13. The number of benzene rings is 1. The standard InChI is InChI=1S/C18H15F3N4OS/c19-18(20,21)12-5-3-11(4-6-12)17-22-13(10-27-17)8-16(26)23-15-9-14-2-1-7-25(14)24-15/h3-6,9-10H,1-2,7-8H2,(H,23,24,26). The second-order valence-electron chi connectivity index (χ2n) is 6.29. The number of nitrogens with one attached hydrogen (secondary N) is 1. The molecule has 3 aromatic rings. The zero-order chi connectivity index (χ0) is 19.0. The Kier molecular flexibility index (Phi) is 4.47. The summed E-state index contributed by atoms with van der Waals surface area (Å²) in [4.78, 5) is 16.5. The van der Waals surface area contributed by atoms with E-state index in [1.165, 1.54) is 23.5 Å². The van der Waals surface area contributed by atoms with Crippen LogP contribution in [0.15, 0.2) is 35.7 Å². The maximum absolute atomic E-state index is 12.6. The highest BCUT2D eigenvalue weighted by Crippen LogP contribution is 2.31. The largest absolute Gasteiger partial charge is 0.416 e. The van der Waals surface area contributed by atoms with Crippen LogP contribution in [0.3, 0.4) is 0 Å². The topological polar surface area (TPSA) is 59.8 Å². The molecule has 0 spiro atoms. The van der Waals surface area contributed by atoms with Crippen molar-refractivity contribution in [2.45, 2.75) is 32.0 Å². The van der Waals surface area contributed by atoms with E-state index in [9.17, 15) is 18.0 Å². The number of nitrogens with zero attached hydrogens (tertiary/aromatic N) is 3.